The van der Waals surface area contributed by atoms with E-state index < -0.39 is 0 Å². The van der Waals surface area contributed by atoms with Gasteiger partial charge in [-0.05, 0) is 38.0 Å². The van der Waals surface area contributed by atoms with Gasteiger partial charge in [-0.1, -0.05) is 29.8 Å². The summed E-state index contributed by atoms with van der Waals surface area (Å²) >= 11 is 0. The highest BCUT2D eigenvalue weighted by atomic mass is 16.5. The van der Waals surface area contributed by atoms with Crippen LogP contribution in [0.5, 0.6) is 11.5 Å². The zero-order valence-electron chi connectivity index (χ0n) is 18.4. The van der Waals surface area contributed by atoms with Crippen molar-refractivity contribution in [2.45, 2.75) is 20.3 Å². The molecule has 2 aromatic carbocycles. The van der Waals surface area contributed by atoms with Crippen LogP contribution >= 0.6 is 0 Å². The minimum Gasteiger partial charge on any atom is -0.497 e. The molecule has 0 fully saturated rings. The summed E-state index contributed by atoms with van der Waals surface area (Å²) in [5, 5.41) is 3.14. The number of anilines is 1. The quantitative estimate of drug-likeness (QED) is 0.464. The number of nitrogens with zero attached hydrogens (tertiary/aromatic N) is 1. The van der Waals surface area contributed by atoms with Crippen molar-refractivity contribution in [1.82, 2.24) is 4.90 Å². The van der Waals surface area contributed by atoms with Crippen LogP contribution < -0.4 is 14.8 Å². The Morgan fingerprint density at radius 1 is 0.968 bits per heavy atom. The minimum atomic E-state index is -0.373. The number of carbonyl (C=O) groups excluding carboxylic acids is 2. The highest BCUT2D eigenvalue weighted by molar-refractivity contribution is 6.36. The number of methoxy groups -OCH3 is 2. The van der Waals surface area contributed by atoms with Crippen molar-refractivity contribution in [3.05, 3.63) is 59.3 Å². The van der Waals surface area contributed by atoms with E-state index in [2.05, 4.69) is 5.32 Å². The SMILES string of the molecule is CCOCCCN1C(=O)C(Nc2cc(OC)ccc2OC)=C(c2ccc(C)cc2)C1=O. The van der Waals surface area contributed by atoms with E-state index >= 15 is 0 Å². The summed E-state index contributed by atoms with van der Waals surface area (Å²) in [6.07, 6.45) is 0.572. The molecule has 7 heteroatoms. The molecule has 0 atom stereocenters. The van der Waals surface area contributed by atoms with Gasteiger partial charge in [-0.3, -0.25) is 14.5 Å². The van der Waals surface area contributed by atoms with Crippen LogP contribution in [0.3, 0.4) is 0 Å². The Kier molecular flexibility index (Phi) is 7.31. The lowest BCUT2D eigenvalue weighted by Crippen LogP contribution is -2.34. The van der Waals surface area contributed by atoms with Gasteiger partial charge in [0.25, 0.3) is 11.8 Å². The number of hydrogen-bond acceptors (Lipinski definition) is 6. The Labute approximate surface area is 182 Å². The lowest BCUT2D eigenvalue weighted by molar-refractivity contribution is -0.137. The van der Waals surface area contributed by atoms with Gasteiger partial charge >= 0.3 is 0 Å². The van der Waals surface area contributed by atoms with Gasteiger partial charge in [-0.15, -0.1) is 0 Å². The zero-order valence-corrected chi connectivity index (χ0v) is 18.4. The molecule has 164 valence electrons. The second-order valence-electron chi connectivity index (χ2n) is 7.12. The van der Waals surface area contributed by atoms with Crippen LogP contribution in [0.15, 0.2) is 48.2 Å². The van der Waals surface area contributed by atoms with E-state index in [1.165, 1.54) is 4.90 Å². The first-order valence-corrected chi connectivity index (χ1v) is 10.2. The molecule has 1 N–H and O–H groups in total. The molecule has 0 radical (unpaired) electrons. The summed E-state index contributed by atoms with van der Waals surface area (Å²) in [4.78, 5) is 27.8. The second-order valence-corrected chi connectivity index (χ2v) is 7.12. The number of imide groups is 1. The molecular formula is C24H28N2O5. The molecule has 0 bridgehead atoms. The number of carbonyl (C=O) groups is 2. The van der Waals surface area contributed by atoms with E-state index in [4.69, 9.17) is 14.2 Å². The van der Waals surface area contributed by atoms with Gasteiger partial charge in [-0.2, -0.15) is 0 Å². The minimum absolute atomic E-state index is 0.219. The summed E-state index contributed by atoms with van der Waals surface area (Å²) in [7, 11) is 3.11. The standard InChI is InChI=1S/C24H28N2O5/c1-5-31-14-6-13-26-23(27)21(17-9-7-16(2)8-10-17)22(24(26)28)25-19-15-18(29-3)11-12-20(19)30-4/h7-12,15,25H,5-6,13-14H2,1-4H3. The van der Waals surface area contributed by atoms with Crippen LogP contribution in [-0.2, 0) is 14.3 Å². The third-order valence-corrected chi connectivity index (χ3v) is 5.05. The van der Waals surface area contributed by atoms with E-state index in [1.54, 1.807) is 32.4 Å². The van der Waals surface area contributed by atoms with E-state index in [9.17, 15) is 9.59 Å². The van der Waals surface area contributed by atoms with Gasteiger partial charge in [0.2, 0.25) is 0 Å². The number of rotatable bonds is 10. The topological polar surface area (TPSA) is 77.1 Å². The summed E-state index contributed by atoms with van der Waals surface area (Å²) in [6, 6.07) is 12.8. The Hall–Kier alpha value is -3.32. The first kappa shape index (κ1) is 22.4. The molecule has 1 aliphatic rings. The van der Waals surface area contributed by atoms with Gasteiger partial charge < -0.3 is 19.5 Å². The van der Waals surface area contributed by atoms with Crippen LogP contribution in [-0.4, -0.2) is 50.7 Å². The smallest absolute Gasteiger partial charge is 0.278 e. The largest absolute Gasteiger partial charge is 0.497 e. The number of benzene rings is 2. The van der Waals surface area contributed by atoms with Crippen molar-refractivity contribution in [3.8, 4) is 11.5 Å². The van der Waals surface area contributed by atoms with Crippen LogP contribution in [0.25, 0.3) is 5.57 Å². The summed E-state index contributed by atoms with van der Waals surface area (Å²) < 4.78 is 16.1. The van der Waals surface area contributed by atoms with Crippen molar-refractivity contribution in [2.75, 3.05) is 39.3 Å². The summed E-state index contributed by atoms with van der Waals surface area (Å²) in [5.41, 5.74) is 2.85. The fourth-order valence-corrected chi connectivity index (χ4v) is 3.40. The molecule has 0 aliphatic carbocycles. The lowest BCUT2D eigenvalue weighted by atomic mass is 10.0. The number of ether oxygens (including phenoxy) is 3. The average Bonchev–Trinajstić information content (AvgIpc) is 3.01. The fraction of sp³-hybridized carbons (Fsp3) is 0.333. The van der Waals surface area contributed by atoms with E-state index in [-0.39, 0.29) is 24.1 Å². The van der Waals surface area contributed by atoms with Gasteiger partial charge in [0, 0.05) is 25.8 Å². The molecule has 0 saturated heterocycles. The van der Waals surface area contributed by atoms with Crippen LogP contribution in [0.1, 0.15) is 24.5 Å². The molecule has 2 amide bonds. The van der Waals surface area contributed by atoms with Gasteiger partial charge in [0.15, 0.2) is 0 Å². The van der Waals surface area contributed by atoms with Crippen molar-refractivity contribution < 1.29 is 23.8 Å². The van der Waals surface area contributed by atoms with Gasteiger partial charge in [0.1, 0.15) is 17.2 Å². The first-order chi connectivity index (χ1) is 15.0. The Balaban J connectivity index is 2.00. The molecule has 0 aromatic heterocycles. The predicted molar refractivity (Wildman–Crippen MR) is 119 cm³/mol. The van der Waals surface area contributed by atoms with Crippen LogP contribution in [0.2, 0.25) is 0 Å². The number of nitrogens with one attached hydrogen (secondary N) is 1. The maximum atomic E-state index is 13.3. The molecule has 2 aromatic rings. The molecule has 0 saturated carbocycles. The number of aryl methyl sites for hydroxylation is 1. The Bertz CT molecular complexity index is 982. The second kappa shape index (κ2) is 10.1. The highest BCUT2D eigenvalue weighted by Crippen LogP contribution is 2.35. The third kappa shape index (κ3) is 4.88. The van der Waals surface area contributed by atoms with E-state index in [0.717, 1.165) is 5.56 Å². The highest BCUT2D eigenvalue weighted by Gasteiger charge is 2.39. The van der Waals surface area contributed by atoms with Gasteiger partial charge in [0.05, 0.1) is 25.5 Å². The van der Waals surface area contributed by atoms with Crippen molar-refractivity contribution in [3.63, 3.8) is 0 Å². The normalized spacial score (nSPS) is 13.7. The fourth-order valence-electron chi connectivity index (χ4n) is 3.40. The summed E-state index contributed by atoms with van der Waals surface area (Å²) in [6.45, 7) is 5.25. The molecule has 0 spiro atoms. The molecule has 1 heterocycles. The van der Waals surface area contributed by atoms with Crippen molar-refractivity contribution >= 4 is 23.1 Å². The van der Waals surface area contributed by atoms with Crippen molar-refractivity contribution in [1.29, 1.82) is 0 Å². The molecular weight excluding hydrogens is 396 g/mol. The molecule has 7 nitrogen and oxygen atoms in total. The third-order valence-electron chi connectivity index (χ3n) is 5.05. The lowest BCUT2D eigenvalue weighted by Gasteiger charge is -2.16. The molecule has 0 unspecified atom stereocenters. The maximum Gasteiger partial charge on any atom is 0.278 e. The van der Waals surface area contributed by atoms with E-state index in [1.807, 2.05) is 38.1 Å². The number of hydrogen-bond donors (Lipinski definition) is 1. The average molecular weight is 424 g/mol. The first-order valence-electron chi connectivity index (χ1n) is 10.2. The van der Waals surface area contributed by atoms with Crippen LogP contribution in [0, 0.1) is 6.92 Å². The summed E-state index contributed by atoms with van der Waals surface area (Å²) in [5.74, 6) is 0.439. The number of amides is 2. The monoisotopic (exact) mass is 424 g/mol. The van der Waals surface area contributed by atoms with Gasteiger partial charge in [-0.25, -0.2) is 0 Å². The molecule has 3 rings (SSSR count). The molecule has 31 heavy (non-hydrogen) atoms. The van der Waals surface area contributed by atoms with Crippen molar-refractivity contribution in [2.24, 2.45) is 0 Å². The molecule has 1 aliphatic heterocycles. The predicted octanol–water partition coefficient (Wildman–Crippen LogP) is 3.63. The van der Waals surface area contributed by atoms with E-state index in [0.29, 0.717) is 48.0 Å². The Morgan fingerprint density at radius 2 is 1.71 bits per heavy atom. The zero-order chi connectivity index (χ0) is 22.4. The Morgan fingerprint density at radius 3 is 2.35 bits per heavy atom. The maximum absolute atomic E-state index is 13.3. The van der Waals surface area contributed by atoms with Crippen LogP contribution in [0.4, 0.5) is 5.69 Å².